The van der Waals surface area contributed by atoms with Gasteiger partial charge in [0.15, 0.2) is 0 Å². The van der Waals surface area contributed by atoms with Crippen LogP contribution in [0.25, 0.3) is 11.4 Å². The average Bonchev–Trinajstić information content (AvgIpc) is 2.64. The highest BCUT2D eigenvalue weighted by molar-refractivity contribution is 5.64. The van der Waals surface area contributed by atoms with E-state index in [2.05, 4.69) is 43.0 Å². The second-order valence-electron chi connectivity index (χ2n) is 4.14. The highest BCUT2D eigenvalue weighted by atomic mass is 16.5. The van der Waals surface area contributed by atoms with Gasteiger partial charge in [-0.1, -0.05) is 29.8 Å². The Kier molecular flexibility index (Phi) is 2.77. The maximum Gasteiger partial charge on any atom is 0.226 e. The molecule has 1 aromatic heterocycles. The van der Waals surface area contributed by atoms with Crippen LogP contribution in [0.4, 0.5) is 0 Å². The zero-order chi connectivity index (χ0) is 11.7. The van der Waals surface area contributed by atoms with Gasteiger partial charge < -0.3 is 4.52 Å². The van der Waals surface area contributed by atoms with Crippen molar-refractivity contribution in [3.8, 4) is 11.4 Å². The standard InChI is InChI=1S/C13H16N2O/c1-5-11-14-13(15-16-11)12-9(3)6-8(2)7-10(12)4/h6-7H,5H2,1-4H3. The molecule has 0 aliphatic heterocycles. The van der Waals surface area contributed by atoms with Crippen molar-refractivity contribution >= 4 is 0 Å². The van der Waals surface area contributed by atoms with Crippen LogP contribution in [-0.4, -0.2) is 10.1 Å². The molecule has 0 saturated carbocycles. The van der Waals surface area contributed by atoms with Crippen LogP contribution in [0, 0.1) is 20.8 Å². The van der Waals surface area contributed by atoms with Crippen molar-refractivity contribution in [1.29, 1.82) is 0 Å². The fourth-order valence-electron chi connectivity index (χ4n) is 2.03. The third kappa shape index (κ3) is 1.85. The SMILES string of the molecule is CCc1nc(-c2c(C)cc(C)cc2C)no1. The zero-order valence-electron chi connectivity index (χ0n) is 10.2. The molecule has 16 heavy (non-hydrogen) atoms. The molecule has 0 radical (unpaired) electrons. The smallest absolute Gasteiger partial charge is 0.226 e. The number of aryl methyl sites for hydroxylation is 4. The molecule has 0 fully saturated rings. The Morgan fingerprint density at radius 2 is 1.75 bits per heavy atom. The van der Waals surface area contributed by atoms with E-state index in [1.807, 2.05) is 6.92 Å². The Bertz CT molecular complexity index is 491. The lowest BCUT2D eigenvalue weighted by atomic mass is 9.99. The number of benzene rings is 1. The number of rotatable bonds is 2. The summed E-state index contributed by atoms with van der Waals surface area (Å²) < 4.78 is 5.15. The summed E-state index contributed by atoms with van der Waals surface area (Å²) in [5.74, 6) is 1.39. The molecule has 0 bridgehead atoms. The van der Waals surface area contributed by atoms with Gasteiger partial charge in [-0.15, -0.1) is 0 Å². The van der Waals surface area contributed by atoms with E-state index in [0.717, 1.165) is 12.0 Å². The fraction of sp³-hybridized carbons (Fsp3) is 0.385. The lowest BCUT2D eigenvalue weighted by Gasteiger charge is -2.06. The Labute approximate surface area is 95.5 Å². The summed E-state index contributed by atoms with van der Waals surface area (Å²) in [5, 5.41) is 4.02. The molecule has 0 aliphatic carbocycles. The van der Waals surface area contributed by atoms with Crippen LogP contribution in [0.1, 0.15) is 29.5 Å². The first-order chi connectivity index (χ1) is 7.61. The third-order valence-electron chi connectivity index (χ3n) is 2.67. The van der Waals surface area contributed by atoms with Gasteiger partial charge >= 0.3 is 0 Å². The molecule has 0 spiro atoms. The van der Waals surface area contributed by atoms with E-state index in [1.54, 1.807) is 0 Å². The summed E-state index contributed by atoms with van der Waals surface area (Å²) in [5.41, 5.74) is 4.74. The number of hydrogen-bond acceptors (Lipinski definition) is 3. The van der Waals surface area contributed by atoms with E-state index in [-0.39, 0.29) is 0 Å². The minimum Gasteiger partial charge on any atom is -0.339 e. The first kappa shape index (κ1) is 10.9. The monoisotopic (exact) mass is 216 g/mol. The summed E-state index contributed by atoms with van der Waals surface area (Å²) >= 11 is 0. The van der Waals surface area contributed by atoms with Gasteiger partial charge in [-0.2, -0.15) is 4.98 Å². The lowest BCUT2D eigenvalue weighted by molar-refractivity contribution is 0.382. The zero-order valence-corrected chi connectivity index (χ0v) is 10.2. The van der Waals surface area contributed by atoms with Gasteiger partial charge in [0.2, 0.25) is 11.7 Å². The summed E-state index contributed by atoms with van der Waals surface area (Å²) in [7, 11) is 0. The molecule has 2 aromatic rings. The van der Waals surface area contributed by atoms with Crippen LogP contribution in [0.3, 0.4) is 0 Å². The van der Waals surface area contributed by atoms with E-state index in [1.165, 1.54) is 16.7 Å². The van der Waals surface area contributed by atoms with Crippen LogP contribution >= 0.6 is 0 Å². The van der Waals surface area contributed by atoms with Gasteiger partial charge in [0.25, 0.3) is 0 Å². The summed E-state index contributed by atoms with van der Waals surface area (Å²) in [6.45, 7) is 8.26. The summed E-state index contributed by atoms with van der Waals surface area (Å²) in [6, 6.07) is 4.29. The van der Waals surface area contributed by atoms with Crippen molar-refractivity contribution in [3.63, 3.8) is 0 Å². The Morgan fingerprint density at radius 1 is 1.12 bits per heavy atom. The predicted octanol–water partition coefficient (Wildman–Crippen LogP) is 3.22. The fourth-order valence-corrected chi connectivity index (χ4v) is 2.03. The normalized spacial score (nSPS) is 10.8. The van der Waals surface area contributed by atoms with Crippen LogP contribution in [0.5, 0.6) is 0 Å². The second kappa shape index (κ2) is 4.08. The molecule has 0 saturated heterocycles. The quantitative estimate of drug-likeness (QED) is 0.773. The van der Waals surface area contributed by atoms with E-state index < -0.39 is 0 Å². The van der Waals surface area contributed by atoms with Crippen molar-refractivity contribution < 1.29 is 4.52 Å². The average molecular weight is 216 g/mol. The van der Waals surface area contributed by atoms with Crippen molar-refractivity contribution in [2.24, 2.45) is 0 Å². The molecule has 0 aliphatic rings. The highest BCUT2D eigenvalue weighted by Gasteiger charge is 2.12. The minimum absolute atomic E-state index is 0.689. The molecule has 0 amide bonds. The maximum absolute atomic E-state index is 5.15. The van der Waals surface area contributed by atoms with E-state index >= 15 is 0 Å². The maximum atomic E-state index is 5.15. The predicted molar refractivity (Wildman–Crippen MR) is 63.3 cm³/mol. The molecule has 0 atom stereocenters. The number of hydrogen-bond donors (Lipinski definition) is 0. The number of aromatic nitrogens is 2. The third-order valence-corrected chi connectivity index (χ3v) is 2.67. The molecule has 1 aromatic carbocycles. The highest BCUT2D eigenvalue weighted by Crippen LogP contribution is 2.25. The second-order valence-corrected chi connectivity index (χ2v) is 4.14. The molecule has 1 heterocycles. The molecular weight excluding hydrogens is 200 g/mol. The van der Waals surface area contributed by atoms with Gasteiger partial charge in [0.05, 0.1) is 0 Å². The van der Waals surface area contributed by atoms with Crippen molar-refractivity contribution in [3.05, 3.63) is 34.7 Å². The molecule has 84 valence electrons. The van der Waals surface area contributed by atoms with Gasteiger partial charge in [0, 0.05) is 12.0 Å². The Balaban J connectivity index is 2.55. The molecule has 0 N–H and O–H groups in total. The topological polar surface area (TPSA) is 38.9 Å². The van der Waals surface area contributed by atoms with Crippen LogP contribution in [-0.2, 0) is 6.42 Å². The van der Waals surface area contributed by atoms with Crippen LogP contribution in [0.2, 0.25) is 0 Å². The molecule has 2 rings (SSSR count). The first-order valence-corrected chi connectivity index (χ1v) is 5.52. The molecule has 3 nitrogen and oxygen atoms in total. The number of nitrogens with zero attached hydrogens (tertiary/aromatic N) is 2. The van der Waals surface area contributed by atoms with E-state index in [4.69, 9.17) is 4.52 Å². The van der Waals surface area contributed by atoms with Gasteiger partial charge in [-0.3, -0.25) is 0 Å². The molecular formula is C13H16N2O. The molecule has 0 unspecified atom stereocenters. The van der Waals surface area contributed by atoms with Crippen molar-refractivity contribution in [1.82, 2.24) is 10.1 Å². The van der Waals surface area contributed by atoms with Crippen LogP contribution in [0.15, 0.2) is 16.7 Å². The first-order valence-electron chi connectivity index (χ1n) is 5.52. The van der Waals surface area contributed by atoms with Crippen molar-refractivity contribution in [2.45, 2.75) is 34.1 Å². The summed E-state index contributed by atoms with van der Waals surface area (Å²) in [6.07, 6.45) is 0.775. The van der Waals surface area contributed by atoms with E-state index in [0.29, 0.717) is 11.7 Å². The summed E-state index contributed by atoms with van der Waals surface area (Å²) in [4.78, 5) is 4.37. The minimum atomic E-state index is 0.689. The lowest BCUT2D eigenvalue weighted by Crippen LogP contribution is -1.92. The van der Waals surface area contributed by atoms with Gasteiger partial charge in [-0.25, -0.2) is 0 Å². The van der Waals surface area contributed by atoms with Gasteiger partial charge in [0.1, 0.15) is 0 Å². The Hall–Kier alpha value is -1.64. The van der Waals surface area contributed by atoms with E-state index in [9.17, 15) is 0 Å². The van der Waals surface area contributed by atoms with Crippen molar-refractivity contribution in [2.75, 3.05) is 0 Å². The Morgan fingerprint density at radius 3 is 2.25 bits per heavy atom. The molecule has 3 heteroatoms. The van der Waals surface area contributed by atoms with Gasteiger partial charge in [-0.05, 0) is 31.9 Å². The van der Waals surface area contributed by atoms with Crippen LogP contribution < -0.4 is 0 Å². The largest absolute Gasteiger partial charge is 0.339 e.